The van der Waals surface area contributed by atoms with E-state index in [-0.39, 0.29) is 82.1 Å². The molecule has 3 aromatic carbocycles. The van der Waals surface area contributed by atoms with Crippen molar-refractivity contribution >= 4 is 38.4 Å². The molecule has 0 aliphatic carbocycles. The molecule has 0 saturated carbocycles. The fourth-order valence-electron chi connectivity index (χ4n) is 9.79. The number of hydrogen-bond acceptors (Lipinski definition) is 9. The normalized spacial score (nSPS) is 22.7. The Morgan fingerprint density at radius 1 is 1.09 bits per heavy atom. The van der Waals surface area contributed by atoms with E-state index in [1.54, 1.807) is 25.0 Å². The van der Waals surface area contributed by atoms with Crippen molar-refractivity contribution < 1.29 is 32.1 Å². The summed E-state index contributed by atoms with van der Waals surface area (Å²) < 4.78 is 74.0. The maximum Gasteiger partial charge on any atom is 0.319 e. The van der Waals surface area contributed by atoms with E-state index in [9.17, 15) is 13.9 Å². The fourth-order valence-corrected chi connectivity index (χ4v) is 9.79. The Morgan fingerprint density at radius 2 is 1.89 bits per heavy atom. The van der Waals surface area contributed by atoms with Crippen LogP contribution in [0.4, 0.5) is 23.4 Å². The summed E-state index contributed by atoms with van der Waals surface area (Å²) in [6, 6.07) is 5.63. The van der Waals surface area contributed by atoms with E-state index in [0.29, 0.717) is 41.5 Å². The number of aromatic hydroxyl groups is 1. The minimum Gasteiger partial charge on any atom is -0.508 e. The van der Waals surface area contributed by atoms with E-state index in [1.165, 1.54) is 24.3 Å². The number of fused-ring (bicyclic) bond motifs is 7. The van der Waals surface area contributed by atoms with Gasteiger partial charge in [0.2, 0.25) is 0 Å². The second kappa shape index (κ2) is 13.6. The minimum atomic E-state index is -1.66. The van der Waals surface area contributed by atoms with Gasteiger partial charge in [-0.15, -0.1) is 6.42 Å². The number of ether oxygens (including phenoxy) is 2. The van der Waals surface area contributed by atoms with Gasteiger partial charge < -0.3 is 19.5 Å². The van der Waals surface area contributed by atoms with Crippen molar-refractivity contribution in [2.75, 3.05) is 57.9 Å². The van der Waals surface area contributed by atoms with Crippen molar-refractivity contribution in [2.45, 2.75) is 56.1 Å². The number of methoxy groups -OCH3 is 1. The lowest BCUT2D eigenvalue weighted by Gasteiger charge is -2.42. The van der Waals surface area contributed by atoms with Crippen LogP contribution in [0.5, 0.6) is 11.8 Å². The molecule has 0 spiro atoms. The molecule has 5 aromatic rings. The number of phenols is 1. The second-order valence-electron chi connectivity index (χ2n) is 15.4. The first-order valence-electron chi connectivity index (χ1n) is 18.8. The minimum absolute atomic E-state index is 0.00260. The Balaban J connectivity index is 1.25. The van der Waals surface area contributed by atoms with Crippen LogP contribution in [0.3, 0.4) is 0 Å². The van der Waals surface area contributed by atoms with Crippen LogP contribution in [0.1, 0.15) is 44.1 Å². The van der Waals surface area contributed by atoms with Crippen molar-refractivity contribution in [3.63, 3.8) is 0 Å². The maximum absolute atomic E-state index is 17.8. The lowest BCUT2D eigenvalue weighted by atomic mass is 9.91. The molecule has 0 amide bonds. The van der Waals surface area contributed by atoms with Gasteiger partial charge in [-0.3, -0.25) is 14.5 Å². The number of terminal acetylenes is 1. The summed E-state index contributed by atoms with van der Waals surface area (Å²) in [6.07, 6.45) is 10.4. The second-order valence-corrected chi connectivity index (χ2v) is 15.4. The van der Waals surface area contributed by atoms with E-state index in [4.69, 9.17) is 31.0 Å². The fraction of sp³-hybridized carbons (Fsp3) is 0.439. The van der Waals surface area contributed by atoms with Crippen molar-refractivity contribution in [3.8, 4) is 35.2 Å². The van der Waals surface area contributed by atoms with Crippen molar-refractivity contribution in [2.24, 2.45) is 7.05 Å². The molecule has 0 radical (unpaired) electrons. The smallest absolute Gasteiger partial charge is 0.319 e. The number of rotatable bonds is 9. The molecular weight excluding hydrogens is 714 g/mol. The van der Waals surface area contributed by atoms with E-state index < -0.39 is 23.3 Å². The largest absolute Gasteiger partial charge is 0.508 e. The van der Waals surface area contributed by atoms with Crippen molar-refractivity contribution in [1.82, 2.24) is 29.5 Å². The molecule has 3 atom stereocenters. The Hall–Kier alpha value is -4.97. The number of hydrogen-bond donors (Lipinski definition) is 1. The third-order valence-corrected chi connectivity index (χ3v) is 12.1. The molecule has 4 saturated heterocycles. The number of anilines is 1. The summed E-state index contributed by atoms with van der Waals surface area (Å²) in [5.74, 6) is 1.36. The number of piperazine rings is 1. The van der Waals surface area contributed by atoms with Crippen LogP contribution in [0.15, 0.2) is 42.1 Å². The highest BCUT2D eigenvalue weighted by molar-refractivity contribution is 6.18. The first-order valence-corrected chi connectivity index (χ1v) is 18.8. The first kappa shape index (κ1) is 35.7. The Kier molecular flexibility index (Phi) is 8.86. The van der Waals surface area contributed by atoms with Gasteiger partial charge in [-0.1, -0.05) is 12.0 Å². The predicted octanol–water partition coefficient (Wildman–Crippen LogP) is 6.76. The molecule has 6 heterocycles. The van der Waals surface area contributed by atoms with Gasteiger partial charge in [-0.05, 0) is 74.2 Å². The summed E-state index contributed by atoms with van der Waals surface area (Å²) in [7, 11) is 3.43. The average Bonchev–Trinajstić information content (AvgIpc) is 3.90. The average molecular weight is 756 g/mol. The first-order chi connectivity index (χ1) is 26.6. The number of nitrogens with zero attached hydrogens (tertiary/aromatic N) is 7. The van der Waals surface area contributed by atoms with Gasteiger partial charge in [0, 0.05) is 87.1 Å². The molecule has 10 nitrogen and oxygen atoms in total. The van der Waals surface area contributed by atoms with Crippen molar-refractivity contribution in [1.29, 1.82) is 0 Å². The Morgan fingerprint density at radius 3 is 2.64 bits per heavy atom. The molecule has 4 aliphatic rings. The van der Waals surface area contributed by atoms with Crippen LogP contribution in [0.2, 0.25) is 0 Å². The number of likely N-dealkylation sites (tertiary alicyclic amines) is 1. The van der Waals surface area contributed by atoms with Gasteiger partial charge in [0.1, 0.15) is 35.0 Å². The molecule has 55 heavy (non-hydrogen) atoms. The number of halogens is 4. The molecule has 4 aliphatic heterocycles. The molecule has 1 N–H and O–H groups in total. The summed E-state index contributed by atoms with van der Waals surface area (Å²) in [6.45, 7) is 4.06. The molecule has 2 aromatic heterocycles. The van der Waals surface area contributed by atoms with E-state index in [0.717, 1.165) is 45.3 Å². The number of phenolic OH excluding ortho intramolecular Hbond substituents is 1. The molecule has 2 unspecified atom stereocenters. The molecule has 2 bridgehead atoms. The third kappa shape index (κ3) is 5.86. The molecule has 9 rings (SSSR count). The molecular formula is C41H41F4N7O3. The monoisotopic (exact) mass is 755 g/mol. The van der Waals surface area contributed by atoms with E-state index >= 15 is 8.78 Å². The zero-order chi connectivity index (χ0) is 38.2. The number of aromatic nitrogens is 4. The van der Waals surface area contributed by atoms with E-state index in [2.05, 4.69) is 15.7 Å². The van der Waals surface area contributed by atoms with Crippen LogP contribution in [-0.4, -0.2) is 105 Å². The number of benzene rings is 3. The Bertz CT molecular complexity index is 2430. The van der Waals surface area contributed by atoms with Crippen molar-refractivity contribution in [3.05, 3.63) is 59.3 Å². The topological polar surface area (TPSA) is 92.0 Å². The maximum atomic E-state index is 17.8. The third-order valence-electron chi connectivity index (χ3n) is 12.1. The van der Waals surface area contributed by atoms with Crippen LogP contribution in [0.25, 0.3) is 43.7 Å². The van der Waals surface area contributed by atoms with Gasteiger partial charge in [-0.2, -0.15) is 23.8 Å². The highest BCUT2D eigenvalue weighted by atomic mass is 19.3. The zero-order valence-corrected chi connectivity index (χ0v) is 30.7. The van der Waals surface area contributed by atoms with Crippen LogP contribution in [-0.2, 0) is 11.8 Å². The standard InChI is InChI=1S/C41H41F4N7O3/c1-4-28-31(42)10-7-23-15-27(53)16-29(32(23)28)33-35(43)37-34(30-21-49(2)48-36(30)33)39(52-25-8-9-26(52)20-50(19-25)12-6-14-54-3)47-40(46-37)55-22-41-11-5-13-51(41)18-24(17-41)38(44)45/h1,7,10,15-16,21,25-26,53H,5-6,8-9,11-14,17-20,22H2,2-3H3/t25?,26?,41-/m0/s1. The van der Waals surface area contributed by atoms with Gasteiger partial charge >= 0.3 is 6.01 Å². The lowest BCUT2D eigenvalue weighted by Crippen LogP contribution is -2.54. The van der Waals surface area contributed by atoms with Gasteiger partial charge in [-0.25, -0.2) is 8.78 Å². The summed E-state index contributed by atoms with van der Waals surface area (Å²) >= 11 is 0. The van der Waals surface area contributed by atoms with Crippen LogP contribution >= 0.6 is 0 Å². The Labute approximate surface area is 315 Å². The predicted molar refractivity (Wildman–Crippen MR) is 201 cm³/mol. The van der Waals surface area contributed by atoms with Gasteiger partial charge in [0.25, 0.3) is 6.08 Å². The highest BCUT2D eigenvalue weighted by Crippen LogP contribution is 2.47. The SMILES string of the molecule is C#Cc1c(F)ccc2cc(O)cc(-c3c(F)c4nc(OC[C@@]56CCCN5CC(=C(F)F)C6)nc(N5C6CCC5CN(CCCOC)C6)c4c4cn(C)nc34)c12. The lowest BCUT2D eigenvalue weighted by molar-refractivity contribution is 0.108. The highest BCUT2D eigenvalue weighted by Gasteiger charge is 2.49. The number of aryl methyl sites for hydroxylation is 1. The van der Waals surface area contributed by atoms with Crippen LogP contribution in [0, 0.1) is 24.0 Å². The van der Waals surface area contributed by atoms with E-state index in [1.807, 2.05) is 4.90 Å². The van der Waals surface area contributed by atoms with Gasteiger partial charge in [0.05, 0.1) is 16.5 Å². The quantitative estimate of drug-likeness (QED) is 0.0996. The molecule has 14 heteroatoms. The molecule has 4 fully saturated rings. The van der Waals surface area contributed by atoms with Crippen LogP contribution < -0.4 is 9.64 Å². The summed E-state index contributed by atoms with van der Waals surface area (Å²) in [4.78, 5) is 16.6. The summed E-state index contributed by atoms with van der Waals surface area (Å²) in [5.41, 5.74) is -0.200. The molecule has 286 valence electrons. The zero-order valence-electron chi connectivity index (χ0n) is 30.7. The summed E-state index contributed by atoms with van der Waals surface area (Å²) in [5, 5.41) is 17.3. The van der Waals surface area contributed by atoms with Gasteiger partial charge in [0.15, 0.2) is 5.82 Å².